The first kappa shape index (κ1) is 12.6. The van der Waals surface area contributed by atoms with E-state index < -0.39 is 0 Å². The van der Waals surface area contributed by atoms with Crippen molar-refractivity contribution in [3.63, 3.8) is 0 Å². The largest absolute Gasteiger partial charge is 0.479 e. The molecule has 3 rings (SSSR count). The van der Waals surface area contributed by atoms with Crippen LogP contribution in [-0.4, -0.2) is 26.8 Å². The smallest absolute Gasteiger partial charge is 0.240 e. The molecule has 0 saturated carbocycles. The van der Waals surface area contributed by atoms with Gasteiger partial charge in [-0.25, -0.2) is 13.9 Å². The van der Waals surface area contributed by atoms with Gasteiger partial charge < -0.3 is 9.84 Å². The molecule has 0 atom stereocenters. The molecule has 0 radical (unpaired) electrons. The molecular weight excluding hydrogens is 261 g/mol. The van der Waals surface area contributed by atoms with E-state index in [4.69, 9.17) is 4.74 Å². The van der Waals surface area contributed by atoms with E-state index in [1.807, 2.05) is 0 Å². The number of methoxy groups -OCH3 is 1. The minimum atomic E-state index is -0.353. The zero-order valence-electron chi connectivity index (χ0n) is 10.7. The Morgan fingerprint density at radius 1 is 1.40 bits per heavy atom. The molecule has 0 saturated heterocycles. The molecule has 0 unspecified atom stereocenters. The van der Waals surface area contributed by atoms with Crippen molar-refractivity contribution in [1.29, 1.82) is 0 Å². The predicted octanol–water partition coefficient (Wildman–Crippen LogP) is 2.04. The average Bonchev–Trinajstić information content (AvgIpc) is 2.85. The van der Waals surface area contributed by atoms with Crippen LogP contribution in [0, 0.1) is 5.82 Å². The van der Waals surface area contributed by atoms with E-state index in [1.54, 1.807) is 29.0 Å². The molecule has 5 nitrogen and oxygen atoms in total. The number of ether oxygens (including phenoxy) is 1. The summed E-state index contributed by atoms with van der Waals surface area (Å²) in [7, 11) is 1.50. The summed E-state index contributed by atoms with van der Waals surface area (Å²) in [6.45, 7) is -0.239. The lowest BCUT2D eigenvalue weighted by Gasteiger charge is -2.02. The van der Waals surface area contributed by atoms with Gasteiger partial charge in [0.05, 0.1) is 19.4 Å². The van der Waals surface area contributed by atoms with E-state index in [1.165, 1.54) is 19.2 Å². The second-order valence-corrected chi connectivity index (χ2v) is 4.23. The molecule has 0 aliphatic carbocycles. The third-order valence-electron chi connectivity index (χ3n) is 3.06. The summed E-state index contributed by atoms with van der Waals surface area (Å²) < 4.78 is 20.1. The molecule has 0 bridgehead atoms. The van der Waals surface area contributed by atoms with Gasteiger partial charge in [-0.15, -0.1) is 0 Å². The highest BCUT2D eigenvalue weighted by Gasteiger charge is 2.18. The Kier molecular flexibility index (Phi) is 3.08. The zero-order valence-corrected chi connectivity index (χ0v) is 10.7. The van der Waals surface area contributed by atoms with Crippen molar-refractivity contribution in [1.82, 2.24) is 14.6 Å². The third kappa shape index (κ3) is 1.90. The van der Waals surface area contributed by atoms with E-state index in [2.05, 4.69) is 10.1 Å². The van der Waals surface area contributed by atoms with Crippen LogP contribution in [0.25, 0.3) is 16.8 Å². The van der Waals surface area contributed by atoms with Crippen LogP contribution in [-0.2, 0) is 6.61 Å². The predicted molar refractivity (Wildman–Crippen MR) is 70.9 cm³/mol. The van der Waals surface area contributed by atoms with Crippen molar-refractivity contribution >= 4 is 5.52 Å². The fourth-order valence-corrected chi connectivity index (χ4v) is 2.20. The van der Waals surface area contributed by atoms with Crippen molar-refractivity contribution in [2.75, 3.05) is 7.11 Å². The number of aliphatic hydroxyl groups excluding tert-OH is 1. The SMILES string of the molecule is COc1nccn2nc(-c3cccc(F)c3)c(CO)c12. The Morgan fingerprint density at radius 2 is 2.25 bits per heavy atom. The Morgan fingerprint density at radius 3 is 2.95 bits per heavy atom. The second-order valence-electron chi connectivity index (χ2n) is 4.23. The van der Waals surface area contributed by atoms with Gasteiger partial charge >= 0.3 is 0 Å². The molecule has 0 spiro atoms. The number of aromatic nitrogens is 3. The van der Waals surface area contributed by atoms with Crippen LogP contribution >= 0.6 is 0 Å². The molecule has 1 aromatic carbocycles. The minimum Gasteiger partial charge on any atom is -0.479 e. The third-order valence-corrected chi connectivity index (χ3v) is 3.06. The first-order valence-corrected chi connectivity index (χ1v) is 6.01. The van der Waals surface area contributed by atoms with E-state index in [0.717, 1.165) is 0 Å². The second kappa shape index (κ2) is 4.90. The molecule has 102 valence electrons. The van der Waals surface area contributed by atoms with E-state index in [0.29, 0.717) is 28.2 Å². The van der Waals surface area contributed by atoms with Gasteiger partial charge in [-0.3, -0.25) is 0 Å². The fraction of sp³-hybridized carbons (Fsp3) is 0.143. The Labute approximate surface area is 114 Å². The fourth-order valence-electron chi connectivity index (χ4n) is 2.20. The lowest BCUT2D eigenvalue weighted by Crippen LogP contribution is -1.95. The number of rotatable bonds is 3. The molecule has 2 aromatic heterocycles. The Hall–Kier alpha value is -2.47. The molecule has 3 aromatic rings. The van der Waals surface area contributed by atoms with Crippen molar-refractivity contribution < 1.29 is 14.2 Å². The zero-order chi connectivity index (χ0) is 14.1. The number of nitrogens with zero attached hydrogens (tertiary/aromatic N) is 3. The number of hydrogen-bond donors (Lipinski definition) is 1. The number of fused-ring (bicyclic) bond motifs is 1. The Balaban J connectivity index is 2.31. The first-order valence-electron chi connectivity index (χ1n) is 6.01. The van der Waals surface area contributed by atoms with Gasteiger partial charge in [0.15, 0.2) is 0 Å². The van der Waals surface area contributed by atoms with Crippen LogP contribution in [0.3, 0.4) is 0 Å². The lowest BCUT2D eigenvalue weighted by molar-refractivity contribution is 0.283. The summed E-state index contributed by atoms with van der Waals surface area (Å²) >= 11 is 0. The van der Waals surface area contributed by atoms with Crippen LogP contribution in [0.15, 0.2) is 36.7 Å². The van der Waals surface area contributed by atoms with Crippen LogP contribution < -0.4 is 4.74 Å². The summed E-state index contributed by atoms with van der Waals surface area (Å²) in [6, 6.07) is 6.08. The maximum atomic E-state index is 13.4. The number of aliphatic hydroxyl groups is 1. The highest BCUT2D eigenvalue weighted by atomic mass is 19.1. The van der Waals surface area contributed by atoms with Gasteiger partial charge in [0.2, 0.25) is 5.88 Å². The van der Waals surface area contributed by atoms with E-state index >= 15 is 0 Å². The van der Waals surface area contributed by atoms with Crippen molar-refractivity contribution in [2.24, 2.45) is 0 Å². The molecular formula is C14H12FN3O2. The molecule has 0 aliphatic heterocycles. The number of benzene rings is 1. The summed E-state index contributed by atoms with van der Waals surface area (Å²) in [4.78, 5) is 4.09. The van der Waals surface area contributed by atoms with Gasteiger partial charge in [0.25, 0.3) is 0 Å². The maximum absolute atomic E-state index is 13.4. The molecule has 0 fully saturated rings. The highest BCUT2D eigenvalue weighted by molar-refractivity contribution is 5.75. The molecule has 2 heterocycles. The molecule has 6 heteroatoms. The van der Waals surface area contributed by atoms with E-state index in [9.17, 15) is 9.50 Å². The standard InChI is InChI=1S/C14H12FN3O2/c1-20-14-13-11(8-19)12(17-18(13)6-5-16-14)9-3-2-4-10(15)7-9/h2-7,19H,8H2,1H3. The molecule has 1 N–H and O–H groups in total. The quantitative estimate of drug-likeness (QED) is 0.793. The summed E-state index contributed by atoms with van der Waals surface area (Å²) in [5.74, 6) is 0.0141. The van der Waals surface area contributed by atoms with Crippen LogP contribution in [0.1, 0.15) is 5.56 Å². The highest BCUT2D eigenvalue weighted by Crippen LogP contribution is 2.30. The van der Waals surface area contributed by atoms with Crippen LogP contribution in [0.2, 0.25) is 0 Å². The monoisotopic (exact) mass is 273 g/mol. The summed E-state index contributed by atoms with van der Waals surface area (Å²) in [5, 5.41) is 14.0. The Bertz CT molecular complexity index is 770. The van der Waals surface area contributed by atoms with Crippen molar-refractivity contribution in [3.8, 4) is 17.1 Å². The van der Waals surface area contributed by atoms with Gasteiger partial charge in [-0.2, -0.15) is 5.10 Å². The number of hydrogen-bond acceptors (Lipinski definition) is 4. The van der Waals surface area contributed by atoms with Gasteiger partial charge in [-0.1, -0.05) is 12.1 Å². The van der Waals surface area contributed by atoms with E-state index in [-0.39, 0.29) is 12.4 Å². The van der Waals surface area contributed by atoms with Crippen LogP contribution in [0.5, 0.6) is 5.88 Å². The van der Waals surface area contributed by atoms with Gasteiger partial charge in [0, 0.05) is 23.5 Å². The van der Waals surface area contributed by atoms with Crippen molar-refractivity contribution in [2.45, 2.75) is 6.61 Å². The summed E-state index contributed by atoms with van der Waals surface area (Å²) in [5.41, 5.74) is 2.25. The number of halogens is 1. The normalized spacial score (nSPS) is 10.9. The van der Waals surface area contributed by atoms with Gasteiger partial charge in [-0.05, 0) is 12.1 Å². The van der Waals surface area contributed by atoms with Crippen molar-refractivity contribution in [3.05, 3.63) is 48.0 Å². The topological polar surface area (TPSA) is 59.7 Å². The maximum Gasteiger partial charge on any atom is 0.240 e. The molecule has 20 heavy (non-hydrogen) atoms. The molecule has 0 aliphatic rings. The van der Waals surface area contributed by atoms with Crippen LogP contribution in [0.4, 0.5) is 4.39 Å². The summed E-state index contributed by atoms with van der Waals surface area (Å²) in [6.07, 6.45) is 3.20. The molecule has 0 amide bonds. The lowest BCUT2D eigenvalue weighted by atomic mass is 10.1. The van der Waals surface area contributed by atoms with Gasteiger partial charge in [0.1, 0.15) is 11.3 Å². The first-order chi connectivity index (χ1) is 9.74. The minimum absolute atomic E-state index is 0.239. The average molecular weight is 273 g/mol.